The summed E-state index contributed by atoms with van der Waals surface area (Å²) in [5, 5.41) is 0. The largest absolute Gasteiger partial charge is 0.496 e. The second-order valence-electron chi connectivity index (χ2n) is 6.41. The van der Waals surface area contributed by atoms with E-state index in [2.05, 4.69) is 24.0 Å². The molecule has 0 aromatic heterocycles. The van der Waals surface area contributed by atoms with Crippen LogP contribution in [0, 0.1) is 6.92 Å². The molecule has 1 unspecified atom stereocenters. The number of nitrogens with zero attached hydrogens (tertiary/aromatic N) is 2. The van der Waals surface area contributed by atoms with E-state index in [1.807, 2.05) is 11.0 Å². The molecule has 0 bridgehead atoms. The van der Waals surface area contributed by atoms with Gasteiger partial charge in [0.25, 0.3) is 5.91 Å². The minimum atomic E-state index is -0.189. The zero-order valence-electron chi connectivity index (χ0n) is 14.1. The fourth-order valence-corrected chi connectivity index (χ4v) is 3.40. The summed E-state index contributed by atoms with van der Waals surface area (Å²) in [5.41, 5.74) is 2.46. The van der Waals surface area contributed by atoms with Crippen LogP contribution in [0.25, 0.3) is 0 Å². The second kappa shape index (κ2) is 7.32. The molecule has 1 aromatic carbocycles. The zero-order valence-corrected chi connectivity index (χ0v) is 14.1. The number of aryl methyl sites for hydroxylation is 1. The summed E-state index contributed by atoms with van der Waals surface area (Å²) < 4.78 is 10.8. The molecule has 5 nitrogen and oxygen atoms in total. The van der Waals surface area contributed by atoms with Crippen molar-refractivity contribution in [1.29, 1.82) is 0 Å². The van der Waals surface area contributed by atoms with Crippen LogP contribution in [0.1, 0.15) is 24.0 Å². The van der Waals surface area contributed by atoms with Gasteiger partial charge in [-0.15, -0.1) is 0 Å². The molecular weight excluding hydrogens is 292 g/mol. The molecule has 1 atom stereocenters. The first-order valence-electron chi connectivity index (χ1n) is 8.43. The summed E-state index contributed by atoms with van der Waals surface area (Å²) in [6, 6.07) is 6.33. The van der Waals surface area contributed by atoms with Gasteiger partial charge in [0, 0.05) is 39.3 Å². The Hall–Kier alpha value is -1.59. The number of carbonyl (C=O) groups excluding carboxylic acids is 1. The third-order valence-electron chi connectivity index (χ3n) is 4.75. The maximum Gasteiger partial charge on any atom is 0.251 e. The van der Waals surface area contributed by atoms with E-state index in [1.165, 1.54) is 5.56 Å². The highest BCUT2D eigenvalue weighted by atomic mass is 16.5. The molecule has 2 aliphatic heterocycles. The summed E-state index contributed by atoms with van der Waals surface area (Å²) in [7, 11) is 1.70. The van der Waals surface area contributed by atoms with Crippen LogP contribution in [0.2, 0.25) is 0 Å². The Morgan fingerprint density at radius 3 is 2.70 bits per heavy atom. The minimum absolute atomic E-state index is 0.183. The summed E-state index contributed by atoms with van der Waals surface area (Å²) in [4.78, 5) is 16.7. The van der Waals surface area contributed by atoms with E-state index < -0.39 is 0 Å². The van der Waals surface area contributed by atoms with Crippen molar-refractivity contribution < 1.29 is 14.3 Å². The molecule has 1 aromatic rings. The number of hydrogen-bond acceptors (Lipinski definition) is 4. The molecule has 2 heterocycles. The van der Waals surface area contributed by atoms with Gasteiger partial charge in [0.2, 0.25) is 0 Å². The van der Waals surface area contributed by atoms with Crippen LogP contribution in [0.5, 0.6) is 5.75 Å². The predicted molar refractivity (Wildman–Crippen MR) is 88.6 cm³/mol. The summed E-state index contributed by atoms with van der Waals surface area (Å²) in [6.07, 6.45) is 1.70. The molecule has 0 radical (unpaired) electrons. The molecule has 5 heteroatoms. The molecule has 0 N–H and O–H groups in total. The van der Waals surface area contributed by atoms with Crippen molar-refractivity contribution in [2.45, 2.75) is 32.4 Å². The van der Waals surface area contributed by atoms with Gasteiger partial charge in [-0.1, -0.05) is 12.1 Å². The Morgan fingerprint density at radius 2 is 2.09 bits per heavy atom. The number of amides is 1. The van der Waals surface area contributed by atoms with Crippen LogP contribution in [-0.4, -0.2) is 61.7 Å². The molecule has 23 heavy (non-hydrogen) atoms. The average Bonchev–Trinajstić information content (AvgIpc) is 3.09. The van der Waals surface area contributed by atoms with Gasteiger partial charge in [-0.2, -0.15) is 0 Å². The van der Waals surface area contributed by atoms with E-state index in [0.717, 1.165) is 63.5 Å². The van der Waals surface area contributed by atoms with Crippen molar-refractivity contribution >= 4 is 5.91 Å². The molecule has 0 aliphatic carbocycles. The Balaban J connectivity index is 1.51. The highest BCUT2D eigenvalue weighted by Gasteiger charge is 2.30. The van der Waals surface area contributed by atoms with E-state index in [-0.39, 0.29) is 12.0 Å². The summed E-state index contributed by atoms with van der Waals surface area (Å²) >= 11 is 0. The first kappa shape index (κ1) is 16.3. The minimum Gasteiger partial charge on any atom is -0.496 e. The fourth-order valence-electron chi connectivity index (χ4n) is 3.40. The molecule has 0 saturated carbocycles. The van der Waals surface area contributed by atoms with Crippen LogP contribution >= 0.6 is 0 Å². The van der Waals surface area contributed by atoms with E-state index in [1.54, 1.807) is 7.11 Å². The number of methoxy groups -OCH3 is 1. The zero-order chi connectivity index (χ0) is 16.2. The molecule has 2 fully saturated rings. The third-order valence-corrected chi connectivity index (χ3v) is 4.75. The van der Waals surface area contributed by atoms with Gasteiger partial charge in [0.15, 0.2) is 0 Å². The normalized spacial score (nSPS) is 22.3. The number of ether oxygens (including phenoxy) is 2. The van der Waals surface area contributed by atoms with Gasteiger partial charge in [0.05, 0.1) is 7.11 Å². The van der Waals surface area contributed by atoms with Crippen LogP contribution in [0.15, 0.2) is 18.2 Å². The average molecular weight is 318 g/mol. The number of rotatable bonds is 4. The molecule has 2 saturated heterocycles. The van der Waals surface area contributed by atoms with Crippen molar-refractivity contribution in [1.82, 2.24) is 9.80 Å². The monoisotopic (exact) mass is 318 g/mol. The van der Waals surface area contributed by atoms with E-state index >= 15 is 0 Å². The Labute approximate surface area is 138 Å². The highest BCUT2D eigenvalue weighted by Crippen LogP contribution is 2.20. The van der Waals surface area contributed by atoms with Crippen molar-refractivity contribution in [3.05, 3.63) is 29.3 Å². The molecular formula is C18H26N2O3. The van der Waals surface area contributed by atoms with E-state index in [4.69, 9.17) is 9.47 Å². The maximum atomic E-state index is 12.3. The smallest absolute Gasteiger partial charge is 0.251 e. The lowest BCUT2D eigenvalue weighted by Crippen LogP contribution is -2.51. The summed E-state index contributed by atoms with van der Waals surface area (Å²) in [5.74, 6) is 1.11. The third kappa shape index (κ3) is 3.85. The van der Waals surface area contributed by atoms with Gasteiger partial charge in [-0.3, -0.25) is 9.69 Å². The molecule has 1 amide bonds. The lowest BCUT2D eigenvalue weighted by atomic mass is 10.1. The van der Waals surface area contributed by atoms with Crippen molar-refractivity contribution in [2.75, 3.05) is 39.9 Å². The Kier molecular flexibility index (Phi) is 5.18. The van der Waals surface area contributed by atoms with Crippen LogP contribution < -0.4 is 4.74 Å². The first-order valence-corrected chi connectivity index (χ1v) is 8.43. The van der Waals surface area contributed by atoms with Gasteiger partial charge in [-0.25, -0.2) is 0 Å². The van der Waals surface area contributed by atoms with Crippen molar-refractivity contribution in [2.24, 2.45) is 0 Å². The maximum absolute atomic E-state index is 12.3. The van der Waals surface area contributed by atoms with Gasteiger partial charge in [-0.05, 0) is 37.0 Å². The predicted octanol–water partition coefficient (Wildman–Crippen LogP) is 1.83. The molecule has 3 rings (SSSR count). The molecule has 0 spiro atoms. The van der Waals surface area contributed by atoms with Gasteiger partial charge in [0.1, 0.15) is 11.9 Å². The van der Waals surface area contributed by atoms with Crippen LogP contribution in [-0.2, 0) is 16.1 Å². The van der Waals surface area contributed by atoms with E-state index in [9.17, 15) is 4.79 Å². The number of carbonyl (C=O) groups is 1. The number of benzene rings is 1. The Morgan fingerprint density at radius 1 is 1.30 bits per heavy atom. The van der Waals surface area contributed by atoms with Crippen LogP contribution in [0.3, 0.4) is 0 Å². The summed E-state index contributed by atoms with van der Waals surface area (Å²) in [6.45, 7) is 7.16. The lowest BCUT2D eigenvalue weighted by Gasteiger charge is -2.35. The standard InChI is InChI=1S/C18H26N2O3/c1-14-12-15(5-6-16(14)22-2)13-19-7-9-20(10-8-19)18(21)17-4-3-11-23-17/h5-6,12,17H,3-4,7-11,13H2,1-2H3. The van der Waals surface area contributed by atoms with Gasteiger partial charge < -0.3 is 14.4 Å². The first-order chi connectivity index (χ1) is 11.2. The molecule has 126 valence electrons. The van der Waals surface area contributed by atoms with Crippen molar-refractivity contribution in [3.63, 3.8) is 0 Å². The second-order valence-corrected chi connectivity index (χ2v) is 6.41. The quantitative estimate of drug-likeness (QED) is 0.849. The number of piperazine rings is 1. The van der Waals surface area contributed by atoms with Crippen molar-refractivity contribution in [3.8, 4) is 5.75 Å². The van der Waals surface area contributed by atoms with Crippen LogP contribution in [0.4, 0.5) is 0 Å². The van der Waals surface area contributed by atoms with Gasteiger partial charge >= 0.3 is 0 Å². The Bertz CT molecular complexity index is 547. The topological polar surface area (TPSA) is 42.0 Å². The number of hydrogen-bond donors (Lipinski definition) is 0. The molecule has 2 aliphatic rings. The fraction of sp³-hybridized carbons (Fsp3) is 0.611. The highest BCUT2D eigenvalue weighted by molar-refractivity contribution is 5.81. The SMILES string of the molecule is COc1ccc(CN2CCN(C(=O)C3CCCO3)CC2)cc1C. The van der Waals surface area contributed by atoms with E-state index in [0.29, 0.717) is 0 Å². The lowest BCUT2D eigenvalue weighted by molar-refractivity contribution is -0.142.